The zero-order valence-corrected chi connectivity index (χ0v) is 16.0. The van der Waals surface area contributed by atoms with Crippen LogP contribution in [0.15, 0.2) is 53.3 Å². The number of aromatic nitrogens is 1. The molecular weight excluding hydrogens is 358 g/mol. The van der Waals surface area contributed by atoms with Gasteiger partial charge in [0.25, 0.3) is 5.56 Å². The molecule has 0 aliphatic carbocycles. The van der Waals surface area contributed by atoms with Crippen LogP contribution in [0.1, 0.15) is 32.3 Å². The molecule has 0 unspecified atom stereocenters. The summed E-state index contributed by atoms with van der Waals surface area (Å²) >= 11 is 0. The van der Waals surface area contributed by atoms with E-state index in [-0.39, 0.29) is 11.5 Å². The van der Waals surface area contributed by atoms with Crippen molar-refractivity contribution < 1.29 is 19.0 Å². The van der Waals surface area contributed by atoms with E-state index >= 15 is 0 Å². The van der Waals surface area contributed by atoms with Crippen molar-refractivity contribution in [2.45, 2.75) is 33.3 Å². The van der Waals surface area contributed by atoms with E-state index in [0.29, 0.717) is 29.9 Å². The van der Waals surface area contributed by atoms with Gasteiger partial charge in [-0.3, -0.25) is 9.59 Å². The molecule has 0 saturated carbocycles. The molecule has 28 heavy (non-hydrogen) atoms. The fourth-order valence-corrected chi connectivity index (χ4v) is 2.76. The van der Waals surface area contributed by atoms with E-state index in [2.05, 4.69) is 4.98 Å². The number of unbranched alkanes of at least 4 members (excludes halogenated alkanes) is 1. The van der Waals surface area contributed by atoms with Gasteiger partial charge in [0, 0.05) is 18.4 Å². The Labute approximate surface area is 163 Å². The van der Waals surface area contributed by atoms with Crippen molar-refractivity contribution in [3.63, 3.8) is 0 Å². The summed E-state index contributed by atoms with van der Waals surface area (Å²) in [6.07, 6.45) is 1.77. The molecule has 0 aliphatic heterocycles. The van der Waals surface area contributed by atoms with Gasteiger partial charge in [0.1, 0.15) is 12.4 Å². The molecule has 0 aliphatic rings. The summed E-state index contributed by atoms with van der Waals surface area (Å²) in [5.74, 6) is 0.200. The molecule has 0 fully saturated rings. The highest BCUT2D eigenvalue weighted by Gasteiger charge is 2.18. The van der Waals surface area contributed by atoms with Gasteiger partial charge in [0.2, 0.25) is 5.75 Å². The van der Waals surface area contributed by atoms with Gasteiger partial charge in [0.15, 0.2) is 5.75 Å². The summed E-state index contributed by atoms with van der Waals surface area (Å²) in [6.45, 7) is 4.14. The molecule has 0 amide bonds. The first-order chi connectivity index (χ1) is 13.6. The smallest absolute Gasteiger partial charge is 0.308 e. The monoisotopic (exact) mass is 381 g/mol. The van der Waals surface area contributed by atoms with Crippen LogP contribution in [-0.4, -0.2) is 17.6 Å². The van der Waals surface area contributed by atoms with E-state index < -0.39 is 11.5 Å². The molecule has 1 N–H and O–H groups in total. The largest absolute Gasteiger partial charge is 0.489 e. The number of esters is 1. The summed E-state index contributed by atoms with van der Waals surface area (Å²) in [5, 5.41) is 0.652. The third-order valence-corrected chi connectivity index (χ3v) is 4.13. The number of pyridine rings is 1. The van der Waals surface area contributed by atoms with Crippen LogP contribution in [0.4, 0.5) is 0 Å². The van der Waals surface area contributed by atoms with E-state index in [0.717, 1.165) is 18.4 Å². The van der Waals surface area contributed by atoms with Crippen molar-refractivity contribution in [1.82, 2.24) is 4.98 Å². The van der Waals surface area contributed by atoms with Crippen LogP contribution in [0.25, 0.3) is 10.9 Å². The Morgan fingerprint density at radius 2 is 1.82 bits per heavy atom. The predicted molar refractivity (Wildman–Crippen MR) is 107 cm³/mol. The van der Waals surface area contributed by atoms with Crippen LogP contribution in [0, 0.1) is 0 Å². The topological polar surface area (TPSA) is 77.6 Å². The second-order valence-corrected chi connectivity index (χ2v) is 6.39. The van der Waals surface area contributed by atoms with E-state index in [1.165, 1.54) is 6.92 Å². The summed E-state index contributed by atoms with van der Waals surface area (Å²) in [4.78, 5) is 26.6. The summed E-state index contributed by atoms with van der Waals surface area (Å²) in [6, 6.07) is 15.1. The molecule has 0 radical (unpaired) electrons. The fourth-order valence-electron chi connectivity index (χ4n) is 2.76. The number of carbonyl (C=O) groups is 1. The molecule has 1 aromatic heterocycles. The number of carbonyl (C=O) groups excluding carboxylic acids is 1. The molecule has 2 aromatic carbocycles. The van der Waals surface area contributed by atoms with Gasteiger partial charge in [0.05, 0.1) is 12.1 Å². The highest BCUT2D eigenvalue weighted by Crippen LogP contribution is 2.33. The van der Waals surface area contributed by atoms with Gasteiger partial charge in [-0.05, 0) is 24.1 Å². The van der Waals surface area contributed by atoms with Crippen molar-refractivity contribution in [1.29, 1.82) is 0 Å². The van der Waals surface area contributed by atoms with Gasteiger partial charge >= 0.3 is 5.97 Å². The minimum atomic E-state index is -0.576. The lowest BCUT2D eigenvalue weighted by Crippen LogP contribution is -2.16. The van der Waals surface area contributed by atoms with E-state index in [9.17, 15) is 9.59 Å². The first-order valence-corrected chi connectivity index (χ1v) is 9.26. The van der Waals surface area contributed by atoms with E-state index in [1.807, 2.05) is 37.3 Å². The molecule has 0 atom stereocenters. The van der Waals surface area contributed by atoms with Gasteiger partial charge in [-0.2, -0.15) is 0 Å². The average molecular weight is 381 g/mol. The Hall–Kier alpha value is -3.28. The van der Waals surface area contributed by atoms with Gasteiger partial charge in [-0.1, -0.05) is 43.7 Å². The van der Waals surface area contributed by atoms with E-state index in [1.54, 1.807) is 18.2 Å². The van der Waals surface area contributed by atoms with Crippen molar-refractivity contribution in [2.75, 3.05) is 6.61 Å². The van der Waals surface area contributed by atoms with Crippen LogP contribution in [0.3, 0.4) is 0 Å². The third kappa shape index (κ3) is 4.71. The molecule has 1 heterocycles. The third-order valence-electron chi connectivity index (χ3n) is 4.13. The summed E-state index contributed by atoms with van der Waals surface area (Å²) in [5.41, 5.74) is 1.08. The quantitative estimate of drug-likeness (QED) is 0.467. The normalized spacial score (nSPS) is 10.6. The van der Waals surface area contributed by atoms with Gasteiger partial charge in [-0.15, -0.1) is 0 Å². The molecule has 6 heteroatoms. The van der Waals surface area contributed by atoms with Gasteiger partial charge in [-0.25, -0.2) is 0 Å². The maximum Gasteiger partial charge on any atom is 0.308 e. The molecule has 146 valence electrons. The molecular formula is C22H23NO5. The van der Waals surface area contributed by atoms with Crippen LogP contribution < -0.4 is 19.8 Å². The number of hydrogen-bond donors (Lipinski definition) is 1. The standard InChI is InChI=1S/C22H23NO5/c1-3-4-12-26-20-18-11-10-17(27-14-16-8-6-5-7-9-16)13-19(18)23-22(25)21(20)28-15(2)24/h5-11,13H,3-4,12,14H2,1-2H3,(H,23,25). The molecule has 6 nitrogen and oxygen atoms in total. The van der Waals surface area contributed by atoms with Crippen LogP contribution in [-0.2, 0) is 11.4 Å². The Balaban J connectivity index is 1.94. The lowest BCUT2D eigenvalue weighted by Gasteiger charge is -2.14. The van der Waals surface area contributed by atoms with Crippen molar-refractivity contribution >= 4 is 16.9 Å². The second-order valence-electron chi connectivity index (χ2n) is 6.39. The number of ether oxygens (including phenoxy) is 3. The minimum Gasteiger partial charge on any atom is -0.489 e. The van der Waals surface area contributed by atoms with E-state index in [4.69, 9.17) is 14.2 Å². The maximum absolute atomic E-state index is 12.5. The minimum absolute atomic E-state index is 0.117. The zero-order chi connectivity index (χ0) is 19.9. The van der Waals surface area contributed by atoms with Crippen LogP contribution in [0.2, 0.25) is 0 Å². The SMILES string of the molecule is CCCCOc1c(OC(C)=O)c(=O)[nH]c2cc(OCc3ccccc3)ccc12. The second kappa shape index (κ2) is 9.08. The van der Waals surface area contributed by atoms with Crippen molar-refractivity contribution in [2.24, 2.45) is 0 Å². The number of rotatable bonds is 8. The van der Waals surface area contributed by atoms with Crippen LogP contribution in [0.5, 0.6) is 17.2 Å². The highest BCUT2D eigenvalue weighted by atomic mass is 16.6. The fraction of sp³-hybridized carbons (Fsp3) is 0.273. The number of aromatic amines is 1. The zero-order valence-electron chi connectivity index (χ0n) is 16.0. The van der Waals surface area contributed by atoms with Crippen molar-refractivity contribution in [3.05, 3.63) is 64.4 Å². The number of H-pyrrole nitrogens is 1. The molecule has 0 saturated heterocycles. The van der Waals surface area contributed by atoms with Crippen LogP contribution >= 0.6 is 0 Å². The first kappa shape index (κ1) is 19.5. The molecule has 3 rings (SSSR count). The molecule has 0 bridgehead atoms. The van der Waals surface area contributed by atoms with Crippen molar-refractivity contribution in [3.8, 4) is 17.2 Å². The summed E-state index contributed by atoms with van der Waals surface area (Å²) < 4.78 is 16.7. The van der Waals surface area contributed by atoms with Gasteiger partial charge < -0.3 is 19.2 Å². The Bertz CT molecular complexity index is 1010. The number of nitrogens with one attached hydrogen (secondary N) is 1. The number of benzene rings is 2. The average Bonchev–Trinajstić information content (AvgIpc) is 2.69. The lowest BCUT2D eigenvalue weighted by atomic mass is 10.2. The molecule has 0 spiro atoms. The summed E-state index contributed by atoms with van der Waals surface area (Å²) in [7, 11) is 0. The predicted octanol–water partition coefficient (Wildman–Crippen LogP) is 4.21. The molecule has 3 aromatic rings. The highest BCUT2D eigenvalue weighted by molar-refractivity contribution is 5.89. The number of hydrogen-bond acceptors (Lipinski definition) is 5. The first-order valence-electron chi connectivity index (χ1n) is 9.26. The number of fused-ring (bicyclic) bond motifs is 1. The Kier molecular flexibility index (Phi) is 6.32. The Morgan fingerprint density at radius 3 is 2.54 bits per heavy atom. The lowest BCUT2D eigenvalue weighted by molar-refractivity contribution is -0.132. The Morgan fingerprint density at radius 1 is 1.04 bits per heavy atom. The maximum atomic E-state index is 12.5.